The van der Waals surface area contributed by atoms with Crippen molar-refractivity contribution in [2.45, 2.75) is 17.5 Å². The van der Waals surface area contributed by atoms with Crippen molar-refractivity contribution in [1.82, 2.24) is 25.0 Å². The molecule has 0 spiro atoms. The number of aromatic nitrogens is 5. The highest BCUT2D eigenvalue weighted by Crippen LogP contribution is 2.33. The zero-order valence-electron chi connectivity index (χ0n) is 17.1. The fraction of sp³-hybridized carbons (Fsp3) is 0.0800. The molecule has 1 N–H and O–H groups in total. The molecule has 0 aliphatic rings. The van der Waals surface area contributed by atoms with Gasteiger partial charge in [0.2, 0.25) is 0 Å². The van der Waals surface area contributed by atoms with Gasteiger partial charge in [0.15, 0.2) is 5.16 Å². The van der Waals surface area contributed by atoms with Crippen LogP contribution in [0.1, 0.15) is 11.3 Å². The largest absolute Gasteiger partial charge is 0.332 e. The number of halogens is 1. The van der Waals surface area contributed by atoms with Crippen molar-refractivity contribution < 1.29 is 4.39 Å². The summed E-state index contributed by atoms with van der Waals surface area (Å²) in [6.07, 6.45) is 1.91. The number of rotatable bonds is 7. The molecule has 0 fully saturated rings. The molecule has 32 heavy (non-hydrogen) atoms. The van der Waals surface area contributed by atoms with Gasteiger partial charge < -0.3 is 4.98 Å². The van der Waals surface area contributed by atoms with Crippen molar-refractivity contribution in [2.24, 2.45) is 0 Å². The van der Waals surface area contributed by atoms with Crippen LogP contribution < -0.4 is 0 Å². The average Bonchev–Trinajstić information content (AvgIpc) is 3.47. The summed E-state index contributed by atoms with van der Waals surface area (Å²) in [5.41, 5.74) is 5.92. The summed E-state index contributed by atoms with van der Waals surface area (Å²) in [5.74, 6) is 0.395. The number of imidazole rings is 1. The number of thioether (sulfide) groups is 1. The first-order valence-corrected chi connectivity index (χ1v) is 11.2. The van der Waals surface area contributed by atoms with E-state index in [1.807, 2.05) is 42.6 Å². The Morgan fingerprint density at radius 2 is 1.53 bits per heavy atom. The van der Waals surface area contributed by atoms with E-state index in [2.05, 4.69) is 39.6 Å². The number of hydrogen-bond donors (Lipinski definition) is 1. The second-order valence-electron chi connectivity index (χ2n) is 7.32. The van der Waals surface area contributed by atoms with E-state index < -0.39 is 0 Å². The Kier molecular flexibility index (Phi) is 5.81. The molecule has 5 aromatic rings. The fourth-order valence-electron chi connectivity index (χ4n) is 3.44. The molecular weight excluding hydrogens is 421 g/mol. The molecule has 3 aromatic carbocycles. The van der Waals surface area contributed by atoms with Crippen LogP contribution in [0.4, 0.5) is 4.39 Å². The van der Waals surface area contributed by atoms with Crippen LogP contribution in [-0.4, -0.2) is 25.0 Å². The topological polar surface area (TPSA) is 59.4 Å². The molecule has 0 radical (unpaired) electrons. The third-order valence-corrected chi connectivity index (χ3v) is 5.90. The minimum atomic E-state index is -0.243. The molecule has 158 valence electrons. The Balaban J connectivity index is 1.33. The van der Waals surface area contributed by atoms with E-state index in [0.717, 1.165) is 38.9 Å². The van der Waals surface area contributed by atoms with Crippen LogP contribution in [0.15, 0.2) is 96.3 Å². The van der Waals surface area contributed by atoms with Crippen molar-refractivity contribution in [3.05, 3.63) is 108 Å². The molecule has 0 unspecified atom stereocenters. The van der Waals surface area contributed by atoms with E-state index in [1.165, 1.54) is 12.1 Å². The number of aromatic amines is 1. The lowest BCUT2D eigenvalue weighted by molar-refractivity contribution is 0.621. The number of benzene rings is 3. The van der Waals surface area contributed by atoms with E-state index in [-0.39, 0.29) is 5.82 Å². The molecule has 5 rings (SSSR count). The van der Waals surface area contributed by atoms with Crippen molar-refractivity contribution in [3.63, 3.8) is 0 Å². The van der Waals surface area contributed by atoms with E-state index in [0.29, 0.717) is 12.3 Å². The lowest BCUT2D eigenvalue weighted by Crippen LogP contribution is -2.00. The van der Waals surface area contributed by atoms with Gasteiger partial charge in [0.05, 0.1) is 23.6 Å². The Morgan fingerprint density at radius 1 is 0.844 bits per heavy atom. The molecule has 5 nitrogen and oxygen atoms in total. The number of hydrogen-bond acceptors (Lipinski definition) is 4. The maximum atomic E-state index is 13.1. The molecule has 0 aliphatic carbocycles. The van der Waals surface area contributed by atoms with E-state index in [9.17, 15) is 4.39 Å². The lowest BCUT2D eigenvalue weighted by atomic mass is 10.1. The Bertz CT molecular complexity index is 1240. The molecule has 0 atom stereocenters. The van der Waals surface area contributed by atoms with Crippen molar-refractivity contribution in [3.8, 4) is 22.5 Å². The molecule has 0 aliphatic heterocycles. The maximum absolute atomic E-state index is 13.1. The zero-order valence-corrected chi connectivity index (χ0v) is 18.0. The highest BCUT2D eigenvalue weighted by molar-refractivity contribution is 7.98. The smallest absolute Gasteiger partial charge is 0.166 e. The monoisotopic (exact) mass is 441 g/mol. The summed E-state index contributed by atoms with van der Waals surface area (Å²) >= 11 is 1.59. The first-order chi connectivity index (χ1) is 15.7. The van der Waals surface area contributed by atoms with Crippen LogP contribution in [0.5, 0.6) is 0 Å². The van der Waals surface area contributed by atoms with Crippen LogP contribution in [0.3, 0.4) is 0 Å². The molecule has 2 aromatic heterocycles. The summed E-state index contributed by atoms with van der Waals surface area (Å²) in [5, 5.41) is 9.29. The summed E-state index contributed by atoms with van der Waals surface area (Å²) in [6, 6.07) is 26.8. The second-order valence-corrected chi connectivity index (χ2v) is 8.28. The highest BCUT2D eigenvalue weighted by atomic mass is 32.2. The van der Waals surface area contributed by atoms with Gasteiger partial charge in [-0.1, -0.05) is 89.8 Å². The predicted molar refractivity (Wildman–Crippen MR) is 125 cm³/mol. The van der Waals surface area contributed by atoms with Gasteiger partial charge in [0.25, 0.3) is 0 Å². The van der Waals surface area contributed by atoms with Crippen molar-refractivity contribution in [2.75, 3.05) is 0 Å². The molecule has 0 saturated carbocycles. The second kappa shape index (κ2) is 9.20. The fourth-order valence-corrected chi connectivity index (χ4v) is 4.19. The van der Waals surface area contributed by atoms with Crippen LogP contribution in [0, 0.1) is 5.82 Å². The van der Waals surface area contributed by atoms with Crippen molar-refractivity contribution in [1.29, 1.82) is 0 Å². The van der Waals surface area contributed by atoms with E-state index in [4.69, 9.17) is 4.98 Å². The normalized spacial score (nSPS) is 11.0. The van der Waals surface area contributed by atoms with Crippen LogP contribution in [0.2, 0.25) is 0 Å². The molecule has 2 heterocycles. The Morgan fingerprint density at radius 3 is 2.25 bits per heavy atom. The Labute approximate surface area is 189 Å². The molecular formula is C25H20FN5S. The number of H-pyrrole nitrogens is 1. The summed E-state index contributed by atoms with van der Waals surface area (Å²) in [7, 11) is 0. The zero-order chi connectivity index (χ0) is 21.8. The van der Waals surface area contributed by atoms with Crippen LogP contribution in [0.25, 0.3) is 22.5 Å². The number of nitrogens with one attached hydrogen (secondary N) is 1. The van der Waals surface area contributed by atoms with Gasteiger partial charge >= 0.3 is 0 Å². The highest BCUT2D eigenvalue weighted by Gasteiger charge is 2.15. The SMILES string of the molecule is Fc1ccc(Cn2cc(CSc3nc(-c4ccccc4)c(-c4ccccc4)[nH]3)nn2)cc1. The van der Waals surface area contributed by atoms with Gasteiger partial charge in [-0.2, -0.15) is 0 Å². The standard InChI is InChI=1S/C25H20FN5S/c26-21-13-11-18(12-14-21)15-31-16-22(29-30-31)17-32-25-27-23(19-7-3-1-4-8-19)24(28-25)20-9-5-2-6-10-20/h1-14,16H,15,17H2,(H,27,28). The summed E-state index contributed by atoms with van der Waals surface area (Å²) < 4.78 is 14.9. The van der Waals surface area contributed by atoms with Crippen molar-refractivity contribution >= 4 is 11.8 Å². The third-order valence-electron chi connectivity index (χ3n) is 4.99. The number of nitrogens with zero attached hydrogens (tertiary/aromatic N) is 4. The van der Waals surface area contributed by atoms with Gasteiger partial charge in [-0.15, -0.1) is 5.10 Å². The molecule has 0 amide bonds. The lowest BCUT2D eigenvalue weighted by Gasteiger charge is -2.02. The van der Waals surface area contributed by atoms with Gasteiger partial charge in [0.1, 0.15) is 5.82 Å². The molecule has 7 heteroatoms. The van der Waals surface area contributed by atoms with Crippen LogP contribution in [-0.2, 0) is 12.3 Å². The van der Waals surface area contributed by atoms with Gasteiger partial charge in [-0.25, -0.2) is 14.1 Å². The molecule has 0 bridgehead atoms. The average molecular weight is 442 g/mol. The maximum Gasteiger partial charge on any atom is 0.166 e. The minimum Gasteiger partial charge on any atom is -0.332 e. The first-order valence-electron chi connectivity index (χ1n) is 10.2. The van der Waals surface area contributed by atoms with Crippen LogP contribution >= 0.6 is 11.8 Å². The Hall–Kier alpha value is -3.71. The summed E-state index contributed by atoms with van der Waals surface area (Å²) in [4.78, 5) is 8.35. The van der Waals surface area contributed by atoms with Gasteiger partial charge in [-0.05, 0) is 17.7 Å². The van der Waals surface area contributed by atoms with E-state index in [1.54, 1.807) is 28.6 Å². The van der Waals surface area contributed by atoms with E-state index >= 15 is 0 Å². The summed E-state index contributed by atoms with van der Waals surface area (Å²) in [6.45, 7) is 0.551. The first kappa shape index (κ1) is 20.2. The molecule has 0 saturated heterocycles. The quantitative estimate of drug-likeness (QED) is 0.324. The predicted octanol–water partition coefficient (Wildman–Crippen LogP) is 5.81. The third kappa shape index (κ3) is 4.63. The minimum absolute atomic E-state index is 0.243. The van der Waals surface area contributed by atoms with Gasteiger partial charge in [-0.3, -0.25) is 0 Å². The van der Waals surface area contributed by atoms with Gasteiger partial charge in [0, 0.05) is 23.1 Å².